The van der Waals surface area contributed by atoms with Crippen LogP contribution in [0.1, 0.15) is 27.2 Å². The lowest BCUT2D eigenvalue weighted by Crippen LogP contribution is -2.48. The third-order valence-corrected chi connectivity index (χ3v) is 5.67. The van der Waals surface area contributed by atoms with E-state index in [-0.39, 0.29) is 30.5 Å². The van der Waals surface area contributed by atoms with Gasteiger partial charge in [0.15, 0.2) is 5.96 Å². The van der Waals surface area contributed by atoms with Crippen LogP contribution in [0, 0.1) is 0 Å². The molecule has 1 aliphatic rings. The molecular weight excluding hydrogens is 497 g/mol. The van der Waals surface area contributed by atoms with E-state index in [1.165, 1.54) is 10.6 Å². The Kier molecular flexibility index (Phi) is 13.8. The minimum absolute atomic E-state index is 0. The van der Waals surface area contributed by atoms with Crippen molar-refractivity contribution >= 4 is 40.0 Å². The van der Waals surface area contributed by atoms with E-state index in [0.29, 0.717) is 58.3 Å². The van der Waals surface area contributed by atoms with E-state index in [1.807, 2.05) is 13.8 Å². The van der Waals surface area contributed by atoms with Crippen molar-refractivity contribution in [3.05, 3.63) is 0 Å². The second kappa shape index (κ2) is 13.9. The lowest BCUT2D eigenvalue weighted by Gasteiger charge is -2.33. The Morgan fingerprint density at radius 3 is 2.46 bits per heavy atom. The molecule has 0 aromatic rings. The van der Waals surface area contributed by atoms with Crippen LogP contribution in [0.3, 0.4) is 0 Å². The monoisotopic (exact) mass is 535 g/mol. The molecule has 11 heteroatoms. The maximum Gasteiger partial charge on any atom is 0.211 e. The molecule has 9 nitrogen and oxygen atoms in total. The van der Waals surface area contributed by atoms with E-state index in [1.54, 1.807) is 6.92 Å². The average molecular weight is 535 g/mol. The summed E-state index contributed by atoms with van der Waals surface area (Å²) >= 11 is 0. The molecule has 0 bridgehead atoms. The normalized spacial score (nSPS) is 18.4. The number of rotatable bonds is 11. The van der Waals surface area contributed by atoms with Gasteiger partial charge in [0.1, 0.15) is 0 Å². The largest absolute Gasteiger partial charge is 0.387 e. The van der Waals surface area contributed by atoms with Crippen LogP contribution in [0.5, 0.6) is 0 Å². The summed E-state index contributed by atoms with van der Waals surface area (Å²) in [6.45, 7) is 11.7. The Morgan fingerprint density at radius 1 is 1.29 bits per heavy atom. The van der Waals surface area contributed by atoms with Crippen molar-refractivity contribution < 1.29 is 18.3 Å². The second-order valence-corrected chi connectivity index (χ2v) is 9.10. The van der Waals surface area contributed by atoms with E-state index in [4.69, 9.17) is 4.74 Å². The summed E-state index contributed by atoms with van der Waals surface area (Å²) in [5, 5.41) is 17.0. The molecule has 28 heavy (non-hydrogen) atoms. The number of sulfonamides is 1. The standard InChI is InChI=1S/C17H37N5O4S.HI/c1-5-18-16(19-8-7-9-22(6-2)27(4,24)25)20-14-17(3,23)15-21-10-12-26-13-11-21;/h23H,5-15H2,1-4H3,(H2,18,19,20);1H. The second-order valence-electron chi connectivity index (χ2n) is 7.12. The number of guanidine groups is 1. The molecule has 0 aromatic heterocycles. The average Bonchev–Trinajstić information content (AvgIpc) is 2.59. The summed E-state index contributed by atoms with van der Waals surface area (Å²) in [5.74, 6) is 0.627. The SMILES string of the molecule is CCNC(=NCC(C)(O)CN1CCOCC1)NCCCN(CC)S(C)(=O)=O.I. The molecule has 1 heterocycles. The number of β-amino-alcohol motifs (C(OH)–C–C–N with tert-alkyl or cyclic N) is 1. The predicted molar refractivity (Wildman–Crippen MR) is 124 cm³/mol. The van der Waals surface area contributed by atoms with Crippen LogP contribution in [0.25, 0.3) is 0 Å². The first kappa shape index (κ1) is 27.8. The van der Waals surface area contributed by atoms with Gasteiger partial charge in [0.2, 0.25) is 10.0 Å². The van der Waals surface area contributed by atoms with Gasteiger partial charge in [-0.25, -0.2) is 12.7 Å². The lowest BCUT2D eigenvalue weighted by atomic mass is 10.1. The molecule has 168 valence electrons. The number of hydrogen-bond donors (Lipinski definition) is 3. The van der Waals surface area contributed by atoms with Gasteiger partial charge in [0.25, 0.3) is 0 Å². The predicted octanol–water partition coefficient (Wildman–Crippen LogP) is -0.0857. The van der Waals surface area contributed by atoms with Gasteiger partial charge < -0.3 is 20.5 Å². The molecule has 0 radical (unpaired) electrons. The third kappa shape index (κ3) is 11.7. The topological polar surface area (TPSA) is 106 Å². The molecule has 1 aliphatic heterocycles. The number of morpholine rings is 1. The van der Waals surface area contributed by atoms with Crippen molar-refractivity contribution in [3.8, 4) is 0 Å². The van der Waals surface area contributed by atoms with Crippen molar-refractivity contribution in [3.63, 3.8) is 0 Å². The zero-order valence-electron chi connectivity index (χ0n) is 17.6. The maximum atomic E-state index is 11.6. The first-order chi connectivity index (χ1) is 12.7. The van der Waals surface area contributed by atoms with Crippen LogP contribution in [0.2, 0.25) is 0 Å². The fraction of sp³-hybridized carbons (Fsp3) is 0.941. The fourth-order valence-corrected chi connectivity index (χ4v) is 3.83. The van der Waals surface area contributed by atoms with Crippen LogP contribution < -0.4 is 10.6 Å². The van der Waals surface area contributed by atoms with E-state index in [0.717, 1.165) is 13.1 Å². The van der Waals surface area contributed by atoms with Gasteiger partial charge in [0.05, 0.1) is 31.6 Å². The Balaban J connectivity index is 0.00000729. The van der Waals surface area contributed by atoms with Gasteiger partial charge in [-0.1, -0.05) is 6.92 Å². The van der Waals surface area contributed by atoms with Gasteiger partial charge in [0, 0.05) is 45.8 Å². The number of nitrogens with zero attached hydrogens (tertiary/aromatic N) is 3. The van der Waals surface area contributed by atoms with Crippen molar-refractivity contribution in [2.75, 3.05) is 71.8 Å². The summed E-state index contributed by atoms with van der Waals surface area (Å²) in [6, 6.07) is 0. The van der Waals surface area contributed by atoms with Gasteiger partial charge in [-0.2, -0.15) is 0 Å². The van der Waals surface area contributed by atoms with Gasteiger partial charge in [-0.3, -0.25) is 9.89 Å². The summed E-state index contributed by atoms with van der Waals surface area (Å²) in [4.78, 5) is 6.68. The van der Waals surface area contributed by atoms with Crippen molar-refractivity contribution in [2.24, 2.45) is 4.99 Å². The Bertz CT molecular complexity index is 554. The highest BCUT2D eigenvalue weighted by atomic mass is 127. The third-order valence-electron chi connectivity index (χ3n) is 4.29. The maximum absolute atomic E-state index is 11.6. The Morgan fingerprint density at radius 2 is 1.93 bits per heavy atom. The molecular formula is C17H38IN5O4S. The van der Waals surface area contributed by atoms with Gasteiger partial charge in [-0.15, -0.1) is 24.0 Å². The highest BCUT2D eigenvalue weighted by molar-refractivity contribution is 14.0. The molecule has 3 N–H and O–H groups in total. The molecule has 1 rings (SSSR count). The molecule has 1 saturated heterocycles. The van der Waals surface area contributed by atoms with E-state index in [2.05, 4.69) is 20.5 Å². The lowest BCUT2D eigenvalue weighted by molar-refractivity contribution is -0.0180. The number of nitrogens with one attached hydrogen (secondary N) is 2. The molecule has 1 atom stereocenters. The van der Waals surface area contributed by atoms with Crippen LogP contribution >= 0.6 is 24.0 Å². The quantitative estimate of drug-likeness (QED) is 0.147. The summed E-state index contributed by atoms with van der Waals surface area (Å²) in [7, 11) is -3.16. The van der Waals surface area contributed by atoms with Crippen LogP contribution in [0.4, 0.5) is 0 Å². The van der Waals surface area contributed by atoms with Crippen molar-refractivity contribution in [2.45, 2.75) is 32.8 Å². The molecule has 0 spiro atoms. The first-order valence-corrected chi connectivity index (χ1v) is 11.5. The molecule has 1 unspecified atom stereocenters. The van der Waals surface area contributed by atoms with Crippen LogP contribution in [-0.2, 0) is 14.8 Å². The van der Waals surface area contributed by atoms with E-state index >= 15 is 0 Å². The molecule has 0 aromatic carbocycles. The molecule has 0 amide bonds. The number of ether oxygens (including phenoxy) is 1. The fourth-order valence-electron chi connectivity index (χ4n) is 2.90. The summed E-state index contributed by atoms with van der Waals surface area (Å²) < 4.78 is 30.0. The zero-order chi connectivity index (χ0) is 20.3. The summed E-state index contributed by atoms with van der Waals surface area (Å²) in [5.41, 5.74) is -0.922. The zero-order valence-corrected chi connectivity index (χ0v) is 20.8. The number of aliphatic hydroxyl groups is 1. The number of hydrogen-bond acceptors (Lipinski definition) is 6. The highest BCUT2D eigenvalue weighted by Crippen LogP contribution is 2.09. The number of halogens is 1. The summed E-state index contributed by atoms with van der Waals surface area (Å²) in [6.07, 6.45) is 1.90. The van der Waals surface area contributed by atoms with Crippen molar-refractivity contribution in [1.82, 2.24) is 19.8 Å². The molecule has 1 fully saturated rings. The van der Waals surface area contributed by atoms with Crippen molar-refractivity contribution in [1.29, 1.82) is 0 Å². The number of aliphatic imine (C=N–C) groups is 1. The van der Waals surface area contributed by atoms with E-state index < -0.39 is 15.6 Å². The van der Waals surface area contributed by atoms with Crippen LogP contribution in [0.15, 0.2) is 4.99 Å². The first-order valence-electron chi connectivity index (χ1n) is 9.67. The Hall–Kier alpha value is -0.210. The highest BCUT2D eigenvalue weighted by Gasteiger charge is 2.25. The minimum Gasteiger partial charge on any atom is -0.387 e. The Labute approximate surface area is 187 Å². The van der Waals surface area contributed by atoms with Gasteiger partial charge >= 0.3 is 0 Å². The minimum atomic E-state index is -3.16. The molecule has 0 saturated carbocycles. The van der Waals surface area contributed by atoms with E-state index in [9.17, 15) is 13.5 Å². The van der Waals surface area contributed by atoms with Gasteiger partial charge in [-0.05, 0) is 20.3 Å². The van der Waals surface area contributed by atoms with Crippen LogP contribution in [-0.4, -0.2) is 106 Å². The molecule has 0 aliphatic carbocycles. The smallest absolute Gasteiger partial charge is 0.211 e.